The number of nitrogens with one attached hydrogen (secondary N) is 2. The Hall–Kier alpha value is -0.970. The molecule has 0 aromatic carbocycles. The fourth-order valence-corrected chi connectivity index (χ4v) is 2.18. The maximum absolute atomic E-state index is 4.47. The zero-order chi connectivity index (χ0) is 13.5. The van der Waals surface area contributed by atoms with Crippen LogP contribution in [0.1, 0.15) is 33.6 Å². The number of hydrogen-bond acceptors (Lipinski definition) is 5. The maximum Gasteiger partial charge on any atom is 0.191 e. The van der Waals surface area contributed by atoms with Gasteiger partial charge in [-0.25, -0.2) is 9.97 Å². The Morgan fingerprint density at radius 1 is 1.28 bits per heavy atom. The van der Waals surface area contributed by atoms with Gasteiger partial charge in [0.25, 0.3) is 0 Å². The molecular weight excluding hydrogens is 244 g/mol. The smallest absolute Gasteiger partial charge is 0.191 e. The van der Waals surface area contributed by atoms with Crippen LogP contribution >= 0.6 is 11.8 Å². The minimum absolute atomic E-state index is 0.425. The Bertz CT molecular complexity index is 348. The predicted molar refractivity (Wildman–Crippen MR) is 80.5 cm³/mol. The summed E-state index contributed by atoms with van der Waals surface area (Å²) in [7, 11) is 1.87. The summed E-state index contributed by atoms with van der Waals surface area (Å²) in [6.45, 7) is 6.71. The SMILES string of the molecule is CCC(C)CC(C)Nc1cc(NC)nc(SC)n1. The van der Waals surface area contributed by atoms with Crippen molar-refractivity contribution < 1.29 is 0 Å². The fraction of sp³-hybridized carbons (Fsp3) is 0.692. The third-order valence-electron chi connectivity index (χ3n) is 2.99. The molecule has 0 bridgehead atoms. The van der Waals surface area contributed by atoms with Gasteiger partial charge in [-0.1, -0.05) is 32.0 Å². The highest BCUT2D eigenvalue weighted by Gasteiger charge is 2.09. The fourth-order valence-electron chi connectivity index (χ4n) is 1.80. The lowest BCUT2D eigenvalue weighted by molar-refractivity contribution is 0.483. The Balaban J connectivity index is 2.70. The van der Waals surface area contributed by atoms with E-state index in [1.165, 1.54) is 6.42 Å². The van der Waals surface area contributed by atoms with Gasteiger partial charge in [-0.05, 0) is 25.5 Å². The molecule has 102 valence electrons. The van der Waals surface area contributed by atoms with Gasteiger partial charge in [0.05, 0.1) is 0 Å². The number of aromatic nitrogens is 2. The Kier molecular flexibility index (Phi) is 6.25. The lowest BCUT2D eigenvalue weighted by Crippen LogP contribution is -2.19. The average Bonchev–Trinajstić information content (AvgIpc) is 2.37. The van der Waals surface area contributed by atoms with Crippen molar-refractivity contribution in [2.45, 2.75) is 44.8 Å². The van der Waals surface area contributed by atoms with E-state index in [-0.39, 0.29) is 0 Å². The molecule has 18 heavy (non-hydrogen) atoms. The van der Waals surface area contributed by atoms with Crippen LogP contribution < -0.4 is 10.6 Å². The zero-order valence-electron chi connectivity index (χ0n) is 11.9. The first kappa shape index (κ1) is 15.1. The second-order valence-electron chi connectivity index (χ2n) is 4.67. The molecule has 1 rings (SSSR count). The summed E-state index contributed by atoms with van der Waals surface area (Å²) in [5, 5.41) is 7.31. The summed E-state index contributed by atoms with van der Waals surface area (Å²) >= 11 is 1.56. The lowest BCUT2D eigenvalue weighted by Gasteiger charge is -2.18. The molecule has 2 atom stereocenters. The second-order valence-corrected chi connectivity index (χ2v) is 5.44. The van der Waals surface area contributed by atoms with E-state index in [9.17, 15) is 0 Å². The molecule has 0 spiro atoms. The van der Waals surface area contributed by atoms with E-state index in [0.717, 1.165) is 29.1 Å². The molecular formula is C13H24N4S. The molecule has 1 aromatic rings. The normalized spacial score (nSPS) is 14.1. The van der Waals surface area contributed by atoms with Gasteiger partial charge in [0.2, 0.25) is 0 Å². The minimum atomic E-state index is 0.425. The standard InChI is InChI=1S/C13H24N4S/c1-6-9(2)7-10(3)15-12-8-11(14-4)16-13(17-12)18-5/h8-10H,6-7H2,1-5H3,(H2,14,15,16,17). The Labute approximate surface area is 114 Å². The van der Waals surface area contributed by atoms with Crippen LogP contribution in [0.3, 0.4) is 0 Å². The summed E-state index contributed by atoms with van der Waals surface area (Å²) in [5.74, 6) is 2.49. The molecule has 5 heteroatoms. The van der Waals surface area contributed by atoms with Gasteiger partial charge < -0.3 is 10.6 Å². The number of anilines is 2. The van der Waals surface area contributed by atoms with Crippen molar-refractivity contribution in [1.82, 2.24) is 9.97 Å². The van der Waals surface area contributed by atoms with E-state index in [4.69, 9.17) is 0 Å². The second kappa shape index (κ2) is 7.46. The van der Waals surface area contributed by atoms with Crippen LogP contribution in [-0.4, -0.2) is 29.3 Å². The van der Waals surface area contributed by atoms with Gasteiger partial charge in [-0.2, -0.15) is 0 Å². The van der Waals surface area contributed by atoms with Crippen LogP contribution in [0.5, 0.6) is 0 Å². The molecule has 2 unspecified atom stereocenters. The first-order valence-corrected chi connectivity index (χ1v) is 7.68. The van der Waals surface area contributed by atoms with E-state index >= 15 is 0 Å². The van der Waals surface area contributed by atoms with Crippen LogP contribution in [0, 0.1) is 5.92 Å². The number of rotatable bonds is 7. The van der Waals surface area contributed by atoms with Gasteiger partial charge >= 0.3 is 0 Å². The molecule has 4 nitrogen and oxygen atoms in total. The predicted octanol–water partition coefficient (Wildman–Crippen LogP) is 3.48. The van der Waals surface area contributed by atoms with E-state index in [2.05, 4.69) is 41.4 Å². The number of hydrogen-bond donors (Lipinski definition) is 2. The Morgan fingerprint density at radius 3 is 2.50 bits per heavy atom. The maximum atomic E-state index is 4.47. The van der Waals surface area contributed by atoms with Gasteiger partial charge in [0.1, 0.15) is 11.6 Å². The first-order valence-electron chi connectivity index (χ1n) is 6.46. The van der Waals surface area contributed by atoms with Crippen LogP contribution in [0.4, 0.5) is 11.6 Å². The van der Waals surface area contributed by atoms with Crippen LogP contribution in [0.2, 0.25) is 0 Å². The van der Waals surface area contributed by atoms with Gasteiger partial charge in [-0.15, -0.1) is 0 Å². The van der Waals surface area contributed by atoms with Crippen molar-refractivity contribution in [1.29, 1.82) is 0 Å². The van der Waals surface area contributed by atoms with E-state index < -0.39 is 0 Å². The zero-order valence-corrected chi connectivity index (χ0v) is 12.8. The molecule has 0 aliphatic rings. The summed E-state index contributed by atoms with van der Waals surface area (Å²) in [5.41, 5.74) is 0. The van der Waals surface area contributed by atoms with Crippen LogP contribution in [0.15, 0.2) is 11.2 Å². The van der Waals surface area contributed by atoms with Crippen molar-refractivity contribution in [3.63, 3.8) is 0 Å². The van der Waals surface area contributed by atoms with Gasteiger partial charge in [0.15, 0.2) is 5.16 Å². The average molecular weight is 268 g/mol. The highest BCUT2D eigenvalue weighted by molar-refractivity contribution is 7.98. The quantitative estimate of drug-likeness (QED) is 0.586. The topological polar surface area (TPSA) is 49.8 Å². The van der Waals surface area contributed by atoms with Crippen molar-refractivity contribution in [2.24, 2.45) is 5.92 Å². The number of nitrogens with zero attached hydrogens (tertiary/aromatic N) is 2. The molecule has 0 fully saturated rings. The highest BCUT2D eigenvalue weighted by Crippen LogP contribution is 2.19. The van der Waals surface area contributed by atoms with Gasteiger partial charge in [0, 0.05) is 19.2 Å². The molecule has 2 N–H and O–H groups in total. The molecule has 1 heterocycles. The summed E-state index contributed by atoms with van der Waals surface area (Å²) < 4.78 is 0. The monoisotopic (exact) mass is 268 g/mol. The largest absolute Gasteiger partial charge is 0.373 e. The van der Waals surface area contributed by atoms with Crippen molar-refractivity contribution in [3.05, 3.63) is 6.07 Å². The summed E-state index contributed by atoms with van der Waals surface area (Å²) in [6, 6.07) is 2.38. The molecule has 0 aliphatic heterocycles. The summed E-state index contributed by atoms with van der Waals surface area (Å²) in [6.07, 6.45) is 4.36. The molecule has 0 radical (unpaired) electrons. The van der Waals surface area contributed by atoms with Crippen molar-refractivity contribution in [2.75, 3.05) is 23.9 Å². The molecule has 1 aromatic heterocycles. The molecule has 0 amide bonds. The molecule has 0 saturated carbocycles. The van der Waals surface area contributed by atoms with Crippen LogP contribution in [0.25, 0.3) is 0 Å². The summed E-state index contributed by atoms with van der Waals surface area (Å²) in [4.78, 5) is 8.83. The van der Waals surface area contributed by atoms with E-state index in [1.807, 2.05) is 19.4 Å². The minimum Gasteiger partial charge on any atom is -0.373 e. The lowest BCUT2D eigenvalue weighted by atomic mass is 10.0. The number of thioether (sulfide) groups is 1. The third-order valence-corrected chi connectivity index (χ3v) is 3.54. The van der Waals surface area contributed by atoms with Crippen LogP contribution in [-0.2, 0) is 0 Å². The van der Waals surface area contributed by atoms with E-state index in [0.29, 0.717) is 6.04 Å². The third kappa shape index (κ3) is 4.72. The highest BCUT2D eigenvalue weighted by atomic mass is 32.2. The van der Waals surface area contributed by atoms with E-state index in [1.54, 1.807) is 11.8 Å². The molecule has 0 aliphatic carbocycles. The van der Waals surface area contributed by atoms with Crippen molar-refractivity contribution >= 4 is 23.4 Å². The Morgan fingerprint density at radius 2 is 1.94 bits per heavy atom. The van der Waals surface area contributed by atoms with Gasteiger partial charge in [-0.3, -0.25) is 0 Å². The first-order chi connectivity index (χ1) is 8.58. The molecule has 0 saturated heterocycles. The van der Waals surface area contributed by atoms with Crippen molar-refractivity contribution in [3.8, 4) is 0 Å².